The number of nitriles is 1. The minimum Gasteiger partial charge on any atom is -0.466 e. The number of rotatable bonds is 4. The third-order valence-electron chi connectivity index (χ3n) is 2.04. The van der Waals surface area contributed by atoms with Crippen LogP contribution in [0.2, 0.25) is 0 Å². The maximum Gasteiger partial charge on any atom is 0.310 e. The van der Waals surface area contributed by atoms with Crippen LogP contribution in [0.1, 0.15) is 30.0 Å². The molecule has 0 unspecified atom stereocenters. The highest BCUT2D eigenvalue weighted by molar-refractivity contribution is 5.73. The smallest absolute Gasteiger partial charge is 0.310 e. The van der Waals surface area contributed by atoms with Crippen molar-refractivity contribution < 1.29 is 18.3 Å². The van der Waals surface area contributed by atoms with Crippen molar-refractivity contribution in [1.29, 1.82) is 5.26 Å². The average molecular weight is 240 g/mol. The van der Waals surface area contributed by atoms with Crippen molar-refractivity contribution in [2.75, 3.05) is 6.61 Å². The van der Waals surface area contributed by atoms with Gasteiger partial charge in [0.05, 0.1) is 24.2 Å². The fourth-order valence-corrected chi connectivity index (χ4v) is 1.33. The maximum absolute atomic E-state index is 12.6. The zero-order valence-electron chi connectivity index (χ0n) is 9.11. The number of alkyl halides is 2. The molecule has 6 heteroatoms. The first-order valence-electron chi connectivity index (χ1n) is 4.90. The molecule has 0 N–H and O–H groups in total. The van der Waals surface area contributed by atoms with Gasteiger partial charge in [0.1, 0.15) is 6.07 Å². The highest BCUT2D eigenvalue weighted by Crippen LogP contribution is 2.24. The Bertz CT molecular complexity index is 455. The largest absolute Gasteiger partial charge is 0.466 e. The normalized spacial score (nSPS) is 10.1. The molecule has 0 aromatic carbocycles. The average Bonchev–Trinajstić information content (AvgIpc) is 2.28. The van der Waals surface area contributed by atoms with Gasteiger partial charge in [0, 0.05) is 12.4 Å². The Hall–Kier alpha value is -2.03. The van der Waals surface area contributed by atoms with Crippen LogP contribution in [0.5, 0.6) is 0 Å². The van der Waals surface area contributed by atoms with Crippen LogP contribution in [-0.2, 0) is 16.0 Å². The minimum absolute atomic E-state index is 0.156. The molecule has 17 heavy (non-hydrogen) atoms. The maximum atomic E-state index is 12.6. The second-order valence-corrected chi connectivity index (χ2v) is 3.16. The second kappa shape index (κ2) is 5.89. The predicted octanol–water partition coefficient (Wildman–Crippen LogP) is 2.00. The van der Waals surface area contributed by atoms with Crippen molar-refractivity contribution in [3.63, 3.8) is 0 Å². The van der Waals surface area contributed by atoms with Crippen molar-refractivity contribution in [2.24, 2.45) is 0 Å². The van der Waals surface area contributed by atoms with E-state index in [1.54, 1.807) is 13.0 Å². The fourth-order valence-electron chi connectivity index (χ4n) is 1.33. The lowest BCUT2D eigenvalue weighted by Gasteiger charge is -2.07. The van der Waals surface area contributed by atoms with E-state index < -0.39 is 18.0 Å². The zero-order valence-corrected chi connectivity index (χ0v) is 9.11. The molecule has 0 aliphatic carbocycles. The first-order valence-corrected chi connectivity index (χ1v) is 4.90. The zero-order chi connectivity index (χ0) is 12.8. The summed E-state index contributed by atoms with van der Waals surface area (Å²) in [7, 11) is 0. The van der Waals surface area contributed by atoms with E-state index in [9.17, 15) is 13.6 Å². The van der Waals surface area contributed by atoms with Gasteiger partial charge in [-0.25, -0.2) is 8.78 Å². The number of esters is 1. The number of aromatic nitrogens is 1. The number of carbonyl (C=O) groups excluding carboxylic acids is 1. The van der Waals surface area contributed by atoms with Gasteiger partial charge in [0.15, 0.2) is 0 Å². The van der Waals surface area contributed by atoms with Crippen LogP contribution in [0.3, 0.4) is 0 Å². The van der Waals surface area contributed by atoms with Gasteiger partial charge in [0.25, 0.3) is 6.43 Å². The molecule has 0 radical (unpaired) electrons. The molecule has 1 rings (SSSR count). The van der Waals surface area contributed by atoms with E-state index in [4.69, 9.17) is 5.26 Å². The van der Waals surface area contributed by atoms with E-state index in [-0.39, 0.29) is 24.2 Å². The van der Waals surface area contributed by atoms with Gasteiger partial charge in [-0.1, -0.05) is 0 Å². The summed E-state index contributed by atoms with van der Waals surface area (Å²) < 4.78 is 29.8. The number of carbonyl (C=O) groups is 1. The Labute approximate surface area is 96.8 Å². The third kappa shape index (κ3) is 3.21. The van der Waals surface area contributed by atoms with Gasteiger partial charge < -0.3 is 4.74 Å². The lowest BCUT2D eigenvalue weighted by molar-refractivity contribution is -0.142. The van der Waals surface area contributed by atoms with Gasteiger partial charge in [-0.15, -0.1) is 0 Å². The van der Waals surface area contributed by atoms with E-state index in [1.807, 2.05) is 0 Å². The Kier molecular flexibility index (Phi) is 4.52. The first kappa shape index (κ1) is 13.0. The summed E-state index contributed by atoms with van der Waals surface area (Å²) >= 11 is 0. The second-order valence-electron chi connectivity index (χ2n) is 3.16. The van der Waals surface area contributed by atoms with Crippen molar-refractivity contribution >= 4 is 5.97 Å². The SMILES string of the molecule is CCOC(=O)Cc1cncc(C(F)F)c1C#N. The van der Waals surface area contributed by atoms with Crippen LogP contribution < -0.4 is 0 Å². The molecule has 1 aromatic heterocycles. The standard InChI is InChI=1S/C11H10F2N2O2/c1-2-17-10(16)3-7-5-15-6-9(11(12)13)8(7)4-14/h5-6,11H,2-3H2,1H3. The van der Waals surface area contributed by atoms with Gasteiger partial charge in [-0.2, -0.15) is 5.26 Å². The Morgan fingerprint density at radius 2 is 2.29 bits per heavy atom. The lowest BCUT2D eigenvalue weighted by atomic mass is 10.0. The van der Waals surface area contributed by atoms with E-state index in [0.29, 0.717) is 0 Å². The highest BCUT2D eigenvalue weighted by atomic mass is 19.3. The van der Waals surface area contributed by atoms with Crippen LogP contribution >= 0.6 is 0 Å². The van der Waals surface area contributed by atoms with Crippen LogP contribution in [-0.4, -0.2) is 17.6 Å². The number of pyridine rings is 1. The summed E-state index contributed by atoms with van der Waals surface area (Å²) in [5, 5.41) is 8.83. The summed E-state index contributed by atoms with van der Waals surface area (Å²) in [5.41, 5.74) is -0.513. The Balaban J connectivity index is 3.04. The fraction of sp³-hybridized carbons (Fsp3) is 0.364. The van der Waals surface area contributed by atoms with Gasteiger partial charge in [0.2, 0.25) is 0 Å². The molecule has 0 aliphatic rings. The summed E-state index contributed by atoms with van der Waals surface area (Å²) in [6.45, 7) is 1.83. The molecule has 1 heterocycles. The first-order chi connectivity index (χ1) is 8.10. The molecule has 0 saturated heterocycles. The van der Waals surface area contributed by atoms with Crippen molar-refractivity contribution in [3.05, 3.63) is 29.1 Å². The molecule has 90 valence electrons. The van der Waals surface area contributed by atoms with Crippen molar-refractivity contribution in [2.45, 2.75) is 19.8 Å². The molecule has 0 saturated carbocycles. The van der Waals surface area contributed by atoms with E-state index in [2.05, 4.69) is 9.72 Å². The highest BCUT2D eigenvalue weighted by Gasteiger charge is 2.18. The molecule has 0 amide bonds. The van der Waals surface area contributed by atoms with E-state index in [0.717, 1.165) is 6.20 Å². The number of hydrogen-bond donors (Lipinski definition) is 0. The third-order valence-corrected chi connectivity index (χ3v) is 2.04. The molecule has 0 spiro atoms. The Morgan fingerprint density at radius 1 is 1.59 bits per heavy atom. The molecule has 0 fully saturated rings. The van der Waals surface area contributed by atoms with Crippen molar-refractivity contribution in [1.82, 2.24) is 4.98 Å². The summed E-state index contributed by atoms with van der Waals surface area (Å²) in [6, 6.07) is 1.67. The van der Waals surface area contributed by atoms with Gasteiger partial charge >= 0.3 is 5.97 Å². The summed E-state index contributed by atoms with van der Waals surface area (Å²) in [5.74, 6) is -0.572. The number of ether oxygens (including phenoxy) is 1. The summed E-state index contributed by atoms with van der Waals surface area (Å²) in [6.07, 6.45) is -0.872. The number of nitrogens with zero attached hydrogens (tertiary/aromatic N) is 2. The van der Waals surface area contributed by atoms with Crippen LogP contribution in [0.4, 0.5) is 8.78 Å². The monoisotopic (exact) mass is 240 g/mol. The van der Waals surface area contributed by atoms with Crippen LogP contribution in [0.25, 0.3) is 0 Å². The van der Waals surface area contributed by atoms with Crippen LogP contribution in [0.15, 0.2) is 12.4 Å². The van der Waals surface area contributed by atoms with E-state index >= 15 is 0 Å². The number of halogens is 2. The predicted molar refractivity (Wildman–Crippen MR) is 54.2 cm³/mol. The number of hydrogen-bond acceptors (Lipinski definition) is 4. The molecule has 1 aromatic rings. The molecule has 0 atom stereocenters. The molecule has 0 aliphatic heterocycles. The molecular formula is C11H10F2N2O2. The van der Waals surface area contributed by atoms with Gasteiger partial charge in [-0.3, -0.25) is 9.78 Å². The molecule has 4 nitrogen and oxygen atoms in total. The quantitative estimate of drug-likeness (QED) is 0.755. The van der Waals surface area contributed by atoms with Crippen molar-refractivity contribution in [3.8, 4) is 6.07 Å². The lowest BCUT2D eigenvalue weighted by Crippen LogP contribution is -2.10. The molecular weight excluding hydrogens is 230 g/mol. The van der Waals surface area contributed by atoms with E-state index in [1.165, 1.54) is 6.20 Å². The Morgan fingerprint density at radius 3 is 2.82 bits per heavy atom. The molecule has 0 bridgehead atoms. The minimum atomic E-state index is -2.79. The topological polar surface area (TPSA) is 63.0 Å². The van der Waals surface area contributed by atoms with Crippen LogP contribution in [0, 0.1) is 11.3 Å². The summed E-state index contributed by atoms with van der Waals surface area (Å²) in [4.78, 5) is 14.8. The van der Waals surface area contributed by atoms with Gasteiger partial charge in [-0.05, 0) is 12.5 Å².